The van der Waals surface area contributed by atoms with Crippen LogP contribution in [0.5, 0.6) is 5.75 Å². The van der Waals surface area contributed by atoms with Gasteiger partial charge in [-0.25, -0.2) is 4.98 Å². The van der Waals surface area contributed by atoms with Crippen molar-refractivity contribution < 1.29 is 19.2 Å². The first-order valence-corrected chi connectivity index (χ1v) is 11.1. The number of fused-ring (bicyclic) bond motifs is 1. The molecular weight excluding hydrogens is 398 g/mol. The molecule has 0 bridgehead atoms. The zero-order chi connectivity index (χ0) is 21.1. The lowest BCUT2D eigenvalue weighted by Crippen LogP contribution is -3.14. The predicted molar refractivity (Wildman–Crippen MR) is 120 cm³/mol. The van der Waals surface area contributed by atoms with E-state index >= 15 is 0 Å². The van der Waals surface area contributed by atoms with Crippen molar-refractivity contribution in [2.75, 3.05) is 51.4 Å². The van der Waals surface area contributed by atoms with Gasteiger partial charge in [-0.3, -0.25) is 9.69 Å². The van der Waals surface area contributed by atoms with E-state index < -0.39 is 0 Å². The number of nitrogens with zero attached hydrogens (tertiary/aromatic N) is 2. The maximum absolute atomic E-state index is 13.5. The van der Waals surface area contributed by atoms with Crippen LogP contribution in [-0.2, 0) is 4.74 Å². The molecule has 0 atom stereocenters. The fourth-order valence-electron chi connectivity index (χ4n) is 3.63. The smallest absolute Gasteiger partial charge is 0.260 e. The molecule has 0 saturated carbocycles. The number of quaternary nitrogens is 1. The maximum atomic E-state index is 13.5. The molecule has 1 fully saturated rings. The van der Waals surface area contributed by atoms with Gasteiger partial charge < -0.3 is 14.4 Å². The number of amides is 1. The summed E-state index contributed by atoms with van der Waals surface area (Å²) in [6.07, 6.45) is 0. The van der Waals surface area contributed by atoms with Gasteiger partial charge in [0, 0.05) is 11.6 Å². The lowest BCUT2D eigenvalue weighted by atomic mass is 10.1. The molecule has 4 rings (SSSR count). The van der Waals surface area contributed by atoms with E-state index in [0.29, 0.717) is 12.1 Å². The fraction of sp³-hybridized carbons (Fsp3) is 0.391. The van der Waals surface area contributed by atoms with E-state index in [2.05, 4.69) is 6.92 Å². The molecule has 2 aromatic carbocycles. The molecule has 1 N–H and O–H groups in total. The number of benzene rings is 2. The maximum Gasteiger partial charge on any atom is 0.260 e. The van der Waals surface area contributed by atoms with Crippen LogP contribution in [0.15, 0.2) is 36.4 Å². The summed E-state index contributed by atoms with van der Waals surface area (Å²) >= 11 is 1.55. The molecule has 0 aliphatic carbocycles. The molecule has 1 aliphatic heterocycles. The topological polar surface area (TPSA) is 56.1 Å². The summed E-state index contributed by atoms with van der Waals surface area (Å²) in [5.74, 6) is 0.765. The minimum atomic E-state index is -0.00298. The summed E-state index contributed by atoms with van der Waals surface area (Å²) in [4.78, 5) is 21.6. The highest BCUT2D eigenvalue weighted by Gasteiger charge is 2.24. The number of carbonyl (C=O) groups excluding carboxylic acids is 1. The van der Waals surface area contributed by atoms with E-state index in [0.717, 1.165) is 59.5 Å². The Kier molecular flexibility index (Phi) is 6.32. The van der Waals surface area contributed by atoms with E-state index in [1.54, 1.807) is 18.4 Å². The number of carbonyl (C=O) groups is 1. The van der Waals surface area contributed by atoms with Crippen LogP contribution in [0.2, 0.25) is 0 Å². The lowest BCUT2D eigenvalue weighted by Gasteiger charge is -2.27. The first kappa shape index (κ1) is 20.8. The van der Waals surface area contributed by atoms with Crippen LogP contribution in [0.4, 0.5) is 5.13 Å². The number of ether oxygens (including phenoxy) is 2. The van der Waals surface area contributed by atoms with E-state index in [-0.39, 0.29) is 5.91 Å². The number of nitrogens with one attached hydrogen (secondary N) is 1. The fourth-order valence-corrected chi connectivity index (χ4v) is 4.60. The van der Waals surface area contributed by atoms with Gasteiger partial charge in [0.25, 0.3) is 5.91 Å². The number of methoxy groups -OCH3 is 1. The Morgan fingerprint density at radius 2 is 1.97 bits per heavy atom. The molecule has 1 aliphatic rings. The monoisotopic (exact) mass is 426 g/mol. The third kappa shape index (κ3) is 4.48. The van der Waals surface area contributed by atoms with Crippen molar-refractivity contribution in [1.29, 1.82) is 0 Å². The van der Waals surface area contributed by atoms with Crippen LogP contribution < -0.4 is 14.5 Å². The Hall–Kier alpha value is -2.48. The highest BCUT2D eigenvalue weighted by molar-refractivity contribution is 7.22. The largest absolute Gasteiger partial charge is 0.497 e. The quantitative estimate of drug-likeness (QED) is 0.658. The second kappa shape index (κ2) is 9.12. The summed E-state index contributed by atoms with van der Waals surface area (Å²) in [6, 6.07) is 11.7. The van der Waals surface area contributed by atoms with Crippen LogP contribution in [0.3, 0.4) is 0 Å². The second-order valence-electron chi connectivity index (χ2n) is 7.70. The van der Waals surface area contributed by atoms with Gasteiger partial charge in [-0.2, -0.15) is 0 Å². The number of hydrogen-bond donors (Lipinski definition) is 1. The molecule has 2 heterocycles. The van der Waals surface area contributed by atoms with Crippen molar-refractivity contribution in [1.82, 2.24) is 4.98 Å². The molecule has 158 valence electrons. The molecular formula is C23H28N3O3S+. The molecule has 3 aromatic rings. The molecule has 6 nitrogen and oxygen atoms in total. The Balaban J connectivity index is 1.65. The first-order chi connectivity index (χ1) is 14.5. The summed E-state index contributed by atoms with van der Waals surface area (Å²) < 4.78 is 11.8. The van der Waals surface area contributed by atoms with Crippen molar-refractivity contribution >= 4 is 32.6 Å². The minimum absolute atomic E-state index is 0.00298. The lowest BCUT2D eigenvalue weighted by molar-refractivity contribution is -0.906. The molecule has 0 radical (unpaired) electrons. The number of thiazole rings is 1. The zero-order valence-electron chi connectivity index (χ0n) is 17.7. The zero-order valence-corrected chi connectivity index (χ0v) is 18.6. The van der Waals surface area contributed by atoms with E-state index in [9.17, 15) is 4.79 Å². The first-order valence-electron chi connectivity index (χ1n) is 10.3. The number of hydrogen-bond acceptors (Lipinski definition) is 5. The van der Waals surface area contributed by atoms with Gasteiger partial charge in [0.1, 0.15) is 18.8 Å². The standard InChI is InChI=1S/C23H27N3O3S/c1-16-4-5-18(14-17(16)2)22(27)26(9-8-25-10-12-29-13-11-25)23-24-20-15-19(28-3)6-7-21(20)30-23/h4-7,14-15H,8-13H2,1-3H3/p+1. The Bertz CT molecular complexity index is 1040. The molecule has 30 heavy (non-hydrogen) atoms. The molecule has 0 spiro atoms. The number of anilines is 1. The third-order valence-corrected chi connectivity index (χ3v) is 6.76. The van der Waals surface area contributed by atoms with Gasteiger partial charge in [0.05, 0.1) is 43.6 Å². The summed E-state index contributed by atoms with van der Waals surface area (Å²) in [7, 11) is 1.65. The minimum Gasteiger partial charge on any atom is -0.497 e. The van der Waals surface area contributed by atoms with Crippen LogP contribution in [-0.4, -0.2) is 57.4 Å². The SMILES string of the molecule is COc1ccc2sc(N(CC[NH+]3CCOCC3)C(=O)c3ccc(C)c(C)c3)nc2c1. The average Bonchev–Trinajstić information content (AvgIpc) is 3.19. The van der Waals surface area contributed by atoms with Crippen molar-refractivity contribution in [3.8, 4) is 5.75 Å². The molecule has 1 amide bonds. The number of aryl methyl sites for hydroxylation is 2. The van der Waals surface area contributed by atoms with Gasteiger partial charge in [-0.05, 0) is 49.2 Å². The van der Waals surface area contributed by atoms with Crippen LogP contribution in [0.25, 0.3) is 10.2 Å². The average molecular weight is 427 g/mol. The van der Waals surface area contributed by atoms with Gasteiger partial charge >= 0.3 is 0 Å². The Morgan fingerprint density at radius 1 is 1.17 bits per heavy atom. The summed E-state index contributed by atoms with van der Waals surface area (Å²) in [5, 5.41) is 0.731. The van der Waals surface area contributed by atoms with E-state index in [1.807, 2.05) is 48.2 Å². The van der Waals surface area contributed by atoms with Crippen LogP contribution in [0.1, 0.15) is 21.5 Å². The highest BCUT2D eigenvalue weighted by atomic mass is 32.1. The van der Waals surface area contributed by atoms with Crippen LogP contribution >= 0.6 is 11.3 Å². The van der Waals surface area contributed by atoms with Gasteiger partial charge in [0.2, 0.25) is 0 Å². The van der Waals surface area contributed by atoms with Crippen molar-refractivity contribution in [2.45, 2.75) is 13.8 Å². The van der Waals surface area contributed by atoms with Gasteiger partial charge in [0.15, 0.2) is 5.13 Å². The third-order valence-electron chi connectivity index (χ3n) is 5.70. The Labute approximate surface area is 181 Å². The molecule has 0 unspecified atom stereocenters. The molecule has 7 heteroatoms. The van der Waals surface area contributed by atoms with Crippen molar-refractivity contribution in [2.24, 2.45) is 0 Å². The summed E-state index contributed by atoms with van der Waals surface area (Å²) in [5.41, 5.74) is 3.86. The Morgan fingerprint density at radius 3 is 2.70 bits per heavy atom. The molecule has 1 aromatic heterocycles. The normalized spacial score (nSPS) is 14.8. The van der Waals surface area contributed by atoms with Gasteiger partial charge in [-0.1, -0.05) is 17.4 Å². The van der Waals surface area contributed by atoms with Gasteiger partial charge in [-0.15, -0.1) is 0 Å². The summed E-state index contributed by atoms with van der Waals surface area (Å²) in [6.45, 7) is 9.10. The van der Waals surface area contributed by atoms with Crippen molar-refractivity contribution in [3.63, 3.8) is 0 Å². The van der Waals surface area contributed by atoms with Crippen molar-refractivity contribution in [3.05, 3.63) is 53.1 Å². The molecule has 1 saturated heterocycles. The highest BCUT2D eigenvalue weighted by Crippen LogP contribution is 2.32. The predicted octanol–water partition coefficient (Wildman–Crippen LogP) is 2.48. The second-order valence-corrected chi connectivity index (χ2v) is 8.71. The number of aromatic nitrogens is 1. The van der Waals surface area contributed by atoms with E-state index in [1.165, 1.54) is 10.5 Å². The van der Waals surface area contributed by atoms with E-state index in [4.69, 9.17) is 14.5 Å². The van der Waals surface area contributed by atoms with Crippen LogP contribution in [0, 0.1) is 13.8 Å². The number of rotatable bonds is 6. The number of morpholine rings is 1.